The Balaban J connectivity index is 1.87. The summed E-state index contributed by atoms with van der Waals surface area (Å²) in [5, 5.41) is 5.87. The monoisotopic (exact) mass is 435 g/mol. The van der Waals surface area contributed by atoms with E-state index in [0.29, 0.717) is 34.6 Å². The number of pyridine rings is 1. The quantitative estimate of drug-likeness (QED) is 0.570. The maximum Gasteiger partial charge on any atom is 0.303 e. The number of fused-ring (bicyclic) bond motifs is 1. The fourth-order valence-corrected chi connectivity index (χ4v) is 3.86. The first-order valence-electron chi connectivity index (χ1n) is 9.89. The smallest absolute Gasteiger partial charge is 0.303 e. The molecule has 0 aromatic carbocycles. The molecular weight excluding hydrogens is 412 g/mol. The lowest BCUT2D eigenvalue weighted by molar-refractivity contribution is 0.00742. The summed E-state index contributed by atoms with van der Waals surface area (Å²) in [5.74, 6) is -2.63. The minimum absolute atomic E-state index is 0.292. The molecule has 0 aliphatic carbocycles. The van der Waals surface area contributed by atoms with Gasteiger partial charge in [-0.15, -0.1) is 5.10 Å². The second kappa shape index (κ2) is 7.70. The van der Waals surface area contributed by atoms with Gasteiger partial charge in [-0.05, 0) is 26.9 Å². The van der Waals surface area contributed by atoms with Crippen LogP contribution in [-0.4, -0.2) is 62.9 Å². The summed E-state index contributed by atoms with van der Waals surface area (Å²) in [7, 11) is 4.12. The highest BCUT2D eigenvalue weighted by Gasteiger charge is 2.31. The summed E-state index contributed by atoms with van der Waals surface area (Å²) < 4.78 is 29.6. The van der Waals surface area contributed by atoms with Crippen molar-refractivity contribution in [2.24, 2.45) is 0 Å². The van der Waals surface area contributed by atoms with Crippen LogP contribution in [0.2, 0.25) is 5.15 Å². The van der Waals surface area contributed by atoms with Crippen LogP contribution in [0.4, 0.5) is 14.6 Å². The van der Waals surface area contributed by atoms with Gasteiger partial charge in [0.15, 0.2) is 11.6 Å². The first kappa shape index (κ1) is 20.9. The number of likely N-dealkylation sites (N-methyl/N-ethyl adjacent to an activating group) is 1. The molecule has 1 aliphatic rings. The van der Waals surface area contributed by atoms with Crippen molar-refractivity contribution < 1.29 is 8.78 Å². The van der Waals surface area contributed by atoms with Crippen LogP contribution in [-0.2, 0) is 12.3 Å². The fourth-order valence-electron chi connectivity index (χ4n) is 3.70. The van der Waals surface area contributed by atoms with E-state index in [0.717, 1.165) is 37.6 Å². The molecule has 1 fully saturated rings. The van der Waals surface area contributed by atoms with Crippen molar-refractivity contribution in [1.82, 2.24) is 29.6 Å². The Labute approximate surface area is 178 Å². The number of nitrogens with zero attached hydrogens (tertiary/aromatic N) is 7. The molecule has 0 unspecified atom stereocenters. The molecule has 7 nitrogen and oxygen atoms in total. The molecule has 1 saturated heterocycles. The molecule has 4 rings (SSSR count). The Morgan fingerprint density at radius 1 is 1.27 bits per heavy atom. The van der Waals surface area contributed by atoms with Gasteiger partial charge in [-0.1, -0.05) is 18.5 Å². The Bertz CT molecular complexity index is 1080. The molecule has 0 spiro atoms. The van der Waals surface area contributed by atoms with E-state index in [1.165, 1.54) is 0 Å². The molecule has 160 valence electrons. The Kier molecular flexibility index (Phi) is 5.36. The van der Waals surface area contributed by atoms with Crippen LogP contribution in [0.5, 0.6) is 0 Å². The largest absolute Gasteiger partial charge is 0.353 e. The van der Waals surface area contributed by atoms with Gasteiger partial charge < -0.3 is 9.80 Å². The summed E-state index contributed by atoms with van der Waals surface area (Å²) in [4.78, 5) is 16.7. The van der Waals surface area contributed by atoms with Crippen molar-refractivity contribution in [2.75, 3.05) is 32.1 Å². The maximum atomic E-state index is 14.0. The second-order valence-corrected chi connectivity index (χ2v) is 8.28. The van der Waals surface area contributed by atoms with Crippen LogP contribution in [0.1, 0.15) is 31.8 Å². The van der Waals surface area contributed by atoms with E-state index in [-0.39, 0.29) is 0 Å². The predicted molar refractivity (Wildman–Crippen MR) is 113 cm³/mol. The molecule has 30 heavy (non-hydrogen) atoms. The van der Waals surface area contributed by atoms with Gasteiger partial charge in [0.25, 0.3) is 0 Å². The van der Waals surface area contributed by atoms with Gasteiger partial charge >= 0.3 is 5.92 Å². The Morgan fingerprint density at radius 3 is 2.67 bits per heavy atom. The second-order valence-electron chi connectivity index (χ2n) is 7.89. The van der Waals surface area contributed by atoms with Gasteiger partial charge in [-0.25, -0.2) is 19.6 Å². The molecule has 0 N–H and O–H groups in total. The number of hydrogen-bond acceptors (Lipinski definition) is 6. The lowest BCUT2D eigenvalue weighted by Crippen LogP contribution is -2.31. The van der Waals surface area contributed by atoms with Crippen LogP contribution in [0.15, 0.2) is 18.3 Å². The molecular formula is C20H24ClF2N7. The topological polar surface area (TPSA) is 63.0 Å². The Hall–Kier alpha value is -2.39. The number of halogens is 3. The zero-order chi connectivity index (χ0) is 21.6. The van der Waals surface area contributed by atoms with E-state index in [9.17, 15) is 8.78 Å². The van der Waals surface area contributed by atoms with Crippen molar-refractivity contribution in [1.29, 1.82) is 0 Å². The molecule has 0 amide bonds. The molecule has 4 heterocycles. The molecule has 10 heteroatoms. The highest BCUT2D eigenvalue weighted by atomic mass is 35.5. The lowest BCUT2D eigenvalue weighted by atomic mass is 10.2. The average molecular weight is 436 g/mol. The van der Waals surface area contributed by atoms with Crippen LogP contribution < -0.4 is 4.90 Å². The zero-order valence-electron chi connectivity index (χ0n) is 17.4. The lowest BCUT2D eigenvalue weighted by Gasteiger charge is -2.20. The molecule has 0 radical (unpaired) electrons. The van der Waals surface area contributed by atoms with Gasteiger partial charge in [0, 0.05) is 50.1 Å². The summed E-state index contributed by atoms with van der Waals surface area (Å²) >= 11 is 6.15. The van der Waals surface area contributed by atoms with Crippen LogP contribution in [0.3, 0.4) is 0 Å². The fraction of sp³-hybridized carbons (Fsp3) is 0.500. The van der Waals surface area contributed by atoms with Gasteiger partial charge in [-0.2, -0.15) is 8.78 Å². The van der Waals surface area contributed by atoms with Crippen LogP contribution in [0, 0.1) is 0 Å². The third kappa shape index (κ3) is 3.83. The van der Waals surface area contributed by atoms with Crippen molar-refractivity contribution in [3.63, 3.8) is 0 Å². The van der Waals surface area contributed by atoms with Crippen molar-refractivity contribution in [2.45, 2.75) is 38.7 Å². The van der Waals surface area contributed by atoms with E-state index < -0.39 is 11.7 Å². The molecule has 0 bridgehead atoms. The molecule has 1 atom stereocenters. The molecule has 3 aromatic rings. The highest BCUT2D eigenvalue weighted by molar-refractivity contribution is 6.30. The van der Waals surface area contributed by atoms with E-state index in [2.05, 4.69) is 38.8 Å². The standard InChI is InChI=1S/C20H24ClF2N7/c1-5-12-8-17(26-19(25-12)20(2,22)23)30-15-9-16(21)24-10-14(15)18(27-30)29-7-6-13(11-29)28(3)4/h8-10,13H,5-7,11H2,1-4H3/t13-/m0/s1. The zero-order valence-corrected chi connectivity index (χ0v) is 18.2. The predicted octanol–water partition coefficient (Wildman–Crippen LogP) is 3.68. The number of aryl methyl sites for hydroxylation is 1. The van der Waals surface area contributed by atoms with Crippen molar-refractivity contribution in [3.05, 3.63) is 35.0 Å². The highest BCUT2D eigenvalue weighted by Crippen LogP contribution is 2.32. The minimum Gasteiger partial charge on any atom is -0.353 e. The van der Waals surface area contributed by atoms with E-state index in [1.807, 2.05) is 6.92 Å². The molecule has 0 saturated carbocycles. The first-order chi connectivity index (χ1) is 14.2. The summed E-state index contributed by atoms with van der Waals surface area (Å²) in [6, 6.07) is 3.79. The number of aromatic nitrogens is 5. The first-order valence-corrected chi connectivity index (χ1v) is 10.3. The maximum absolute atomic E-state index is 14.0. The number of hydrogen-bond donors (Lipinski definition) is 0. The van der Waals surface area contributed by atoms with Crippen molar-refractivity contribution >= 4 is 28.3 Å². The van der Waals surface area contributed by atoms with Gasteiger partial charge in [0.1, 0.15) is 5.15 Å². The van der Waals surface area contributed by atoms with Crippen LogP contribution >= 0.6 is 11.6 Å². The van der Waals surface area contributed by atoms with Crippen molar-refractivity contribution in [3.8, 4) is 5.82 Å². The third-order valence-corrected chi connectivity index (χ3v) is 5.65. The molecule has 3 aromatic heterocycles. The van der Waals surface area contributed by atoms with E-state index >= 15 is 0 Å². The molecule has 1 aliphatic heterocycles. The summed E-state index contributed by atoms with van der Waals surface area (Å²) in [6.07, 6.45) is 3.20. The van der Waals surface area contributed by atoms with Gasteiger partial charge in [0.05, 0.1) is 10.9 Å². The normalized spacial score (nSPS) is 17.5. The Morgan fingerprint density at radius 2 is 2.03 bits per heavy atom. The number of anilines is 1. The SMILES string of the molecule is CCc1cc(-n2nc(N3CC[C@H](N(C)C)C3)c3cnc(Cl)cc32)nc(C(C)(F)F)n1. The van der Waals surface area contributed by atoms with E-state index in [1.54, 1.807) is 23.0 Å². The summed E-state index contributed by atoms with van der Waals surface area (Å²) in [5.41, 5.74) is 1.19. The average Bonchev–Trinajstić information content (AvgIpc) is 3.31. The summed E-state index contributed by atoms with van der Waals surface area (Å²) in [6.45, 7) is 4.33. The number of alkyl halides is 2. The van der Waals surface area contributed by atoms with Gasteiger partial charge in [0.2, 0.25) is 5.82 Å². The van der Waals surface area contributed by atoms with E-state index in [4.69, 9.17) is 16.7 Å². The van der Waals surface area contributed by atoms with Crippen LogP contribution in [0.25, 0.3) is 16.7 Å². The number of rotatable bonds is 5. The van der Waals surface area contributed by atoms with Gasteiger partial charge in [-0.3, -0.25) is 0 Å². The third-order valence-electron chi connectivity index (χ3n) is 5.44. The minimum atomic E-state index is -3.15.